The third-order valence-electron chi connectivity index (χ3n) is 8.07. The molecule has 0 saturated carbocycles. The summed E-state index contributed by atoms with van der Waals surface area (Å²) >= 11 is 0. The number of unbranched alkanes of at least 4 members (excludes halogenated alkanes) is 2. The van der Waals surface area contributed by atoms with Gasteiger partial charge in [-0.15, -0.1) is 0 Å². The topological polar surface area (TPSA) is 188 Å². The first-order chi connectivity index (χ1) is 20.4. The largest absolute Gasteiger partial charge is 0.370 e. The fourth-order valence-electron chi connectivity index (χ4n) is 5.79. The number of primary amides is 1. The van der Waals surface area contributed by atoms with Gasteiger partial charge in [-0.25, -0.2) is 0 Å². The number of benzene rings is 1. The van der Waals surface area contributed by atoms with Gasteiger partial charge in [-0.3, -0.25) is 28.5 Å². The van der Waals surface area contributed by atoms with Crippen molar-refractivity contribution in [1.82, 2.24) is 20.9 Å². The van der Waals surface area contributed by atoms with Crippen LogP contribution in [-0.4, -0.2) is 76.3 Å². The lowest BCUT2D eigenvalue weighted by molar-refractivity contribution is -0.144. The van der Waals surface area contributed by atoms with E-state index in [4.69, 9.17) is 5.73 Å². The number of carbonyl (C=O) groups is 5. The van der Waals surface area contributed by atoms with Gasteiger partial charge in [0.1, 0.15) is 18.1 Å². The van der Waals surface area contributed by atoms with Gasteiger partial charge in [-0.1, -0.05) is 49.6 Å². The molecule has 0 spiro atoms. The van der Waals surface area contributed by atoms with Crippen molar-refractivity contribution in [3.63, 3.8) is 0 Å². The Morgan fingerprint density at radius 2 is 1.74 bits per heavy atom. The highest BCUT2D eigenvalue weighted by Crippen LogP contribution is 2.36. The van der Waals surface area contributed by atoms with E-state index in [1.54, 1.807) is 4.90 Å². The molecular formula is C30H46N5O7P. The van der Waals surface area contributed by atoms with Crippen molar-refractivity contribution in [1.29, 1.82) is 0 Å². The minimum Gasteiger partial charge on any atom is -0.370 e. The maximum atomic E-state index is 13.7. The van der Waals surface area contributed by atoms with E-state index in [1.165, 1.54) is 6.66 Å². The third kappa shape index (κ3) is 11.4. The summed E-state index contributed by atoms with van der Waals surface area (Å²) in [6, 6.07) is 6.60. The normalized spacial score (nSPS) is 22.3. The molecule has 2 aliphatic heterocycles. The number of nitrogens with one attached hydrogen (secondary N) is 3. The molecule has 12 nitrogen and oxygen atoms in total. The van der Waals surface area contributed by atoms with Crippen LogP contribution in [0, 0.1) is 0 Å². The molecule has 5 amide bonds. The minimum absolute atomic E-state index is 0.0264. The highest BCUT2D eigenvalue weighted by Gasteiger charge is 2.44. The van der Waals surface area contributed by atoms with Gasteiger partial charge in [-0.05, 0) is 50.5 Å². The summed E-state index contributed by atoms with van der Waals surface area (Å²) in [5.41, 5.74) is 6.20. The molecule has 3 rings (SSSR count). The maximum Gasteiger partial charge on any atom is 0.246 e. The smallest absolute Gasteiger partial charge is 0.246 e. The van der Waals surface area contributed by atoms with Crippen LogP contribution in [0.3, 0.4) is 0 Å². The van der Waals surface area contributed by atoms with Crippen LogP contribution in [0.25, 0.3) is 0 Å². The molecule has 0 aliphatic carbocycles. The van der Waals surface area contributed by atoms with Crippen molar-refractivity contribution >= 4 is 36.9 Å². The molecule has 1 aromatic carbocycles. The van der Waals surface area contributed by atoms with Gasteiger partial charge in [0, 0.05) is 38.3 Å². The number of nitrogens with two attached hydrogens (primary N) is 1. The van der Waals surface area contributed by atoms with E-state index in [0.717, 1.165) is 24.8 Å². The van der Waals surface area contributed by atoms with Crippen molar-refractivity contribution in [2.75, 3.05) is 12.8 Å². The first kappa shape index (κ1) is 34.3. The number of nitrogens with zero attached hydrogens (tertiary/aromatic N) is 1. The molecule has 2 fully saturated rings. The average Bonchev–Trinajstić information content (AvgIpc) is 3.37. The summed E-state index contributed by atoms with van der Waals surface area (Å²) in [5, 5.41) is 8.43. The number of hydrogen-bond donors (Lipinski definition) is 5. The molecule has 2 saturated heterocycles. The molecule has 1 unspecified atom stereocenters. The molecule has 238 valence electrons. The lowest BCUT2D eigenvalue weighted by Crippen LogP contribution is -2.58. The Hall–Kier alpha value is -3.24. The molecule has 43 heavy (non-hydrogen) atoms. The lowest BCUT2D eigenvalue weighted by atomic mass is 9.98. The highest BCUT2D eigenvalue weighted by molar-refractivity contribution is 7.57. The van der Waals surface area contributed by atoms with E-state index < -0.39 is 43.2 Å². The van der Waals surface area contributed by atoms with Gasteiger partial charge >= 0.3 is 0 Å². The maximum absolute atomic E-state index is 13.7. The Kier molecular flexibility index (Phi) is 13.2. The second-order valence-electron chi connectivity index (χ2n) is 11.8. The molecule has 0 radical (unpaired) electrons. The Bertz CT molecular complexity index is 1170. The van der Waals surface area contributed by atoms with Crippen molar-refractivity contribution in [2.24, 2.45) is 5.73 Å². The zero-order chi connectivity index (χ0) is 31.4. The zero-order valence-electron chi connectivity index (χ0n) is 25.0. The van der Waals surface area contributed by atoms with Gasteiger partial charge in [0.2, 0.25) is 29.5 Å². The van der Waals surface area contributed by atoms with E-state index in [2.05, 4.69) is 16.0 Å². The fraction of sp³-hybridized carbons (Fsp3) is 0.633. The molecule has 1 aromatic rings. The molecular weight excluding hydrogens is 573 g/mol. The Morgan fingerprint density at radius 1 is 1.02 bits per heavy atom. The van der Waals surface area contributed by atoms with E-state index >= 15 is 0 Å². The molecule has 0 aromatic heterocycles. The Balaban J connectivity index is 1.62. The van der Waals surface area contributed by atoms with Crippen LogP contribution >= 0.6 is 7.37 Å². The first-order valence-corrected chi connectivity index (χ1v) is 17.5. The van der Waals surface area contributed by atoms with Crippen LogP contribution in [0.2, 0.25) is 0 Å². The average molecular weight is 620 g/mol. The van der Waals surface area contributed by atoms with Gasteiger partial charge in [-0.2, -0.15) is 0 Å². The van der Waals surface area contributed by atoms with E-state index in [1.807, 2.05) is 30.3 Å². The molecule has 13 heteroatoms. The number of amides is 5. The summed E-state index contributed by atoms with van der Waals surface area (Å²) in [7, 11) is -3.07. The predicted molar refractivity (Wildman–Crippen MR) is 162 cm³/mol. The number of carbonyl (C=O) groups excluding carboxylic acids is 5. The number of rotatable bonds is 15. The van der Waals surface area contributed by atoms with E-state index in [0.29, 0.717) is 38.5 Å². The van der Waals surface area contributed by atoms with Gasteiger partial charge in [0.25, 0.3) is 0 Å². The van der Waals surface area contributed by atoms with Crippen molar-refractivity contribution in [3.05, 3.63) is 35.9 Å². The van der Waals surface area contributed by atoms with Crippen LogP contribution in [0.4, 0.5) is 0 Å². The molecule has 2 aliphatic rings. The highest BCUT2D eigenvalue weighted by atomic mass is 31.2. The van der Waals surface area contributed by atoms with Gasteiger partial charge < -0.3 is 31.5 Å². The quantitative estimate of drug-likeness (QED) is 0.146. The van der Waals surface area contributed by atoms with Crippen LogP contribution in [-0.2, 0) is 35.1 Å². The summed E-state index contributed by atoms with van der Waals surface area (Å²) in [5.74, 6) is -2.07. The summed E-state index contributed by atoms with van der Waals surface area (Å²) in [6.45, 7) is 1.57. The second kappa shape index (κ2) is 16.6. The van der Waals surface area contributed by atoms with Crippen molar-refractivity contribution in [3.8, 4) is 0 Å². The summed E-state index contributed by atoms with van der Waals surface area (Å²) in [6.07, 6.45) is 6.02. The number of fused-ring (bicyclic) bond motifs is 1. The Morgan fingerprint density at radius 3 is 2.44 bits per heavy atom. The second-order valence-corrected chi connectivity index (χ2v) is 14.3. The molecule has 2 heterocycles. The monoisotopic (exact) mass is 619 g/mol. The first-order valence-electron chi connectivity index (χ1n) is 15.3. The minimum atomic E-state index is -3.07. The van der Waals surface area contributed by atoms with E-state index in [-0.39, 0.29) is 49.8 Å². The van der Waals surface area contributed by atoms with Crippen LogP contribution in [0.1, 0.15) is 82.6 Å². The SMILES string of the molecule is CP(=O)(O)CCCCCC(=O)N[C@H]1CCCC[C@H]2CC[C@@H](C(=O)N[C@@H](CCC(N)=O)C(=O)NCc3ccccc3)N2C1=O. The standard InChI is InChI=1S/C30H46N5O7P/c1-43(41,42)19-9-3-6-14-27(37)33-24-13-8-7-12-22-15-17-25(35(22)30(24)40)29(39)34-23(16-18-26(31)36)28(38)32-20-21-10-4-2-5-11-21/h2,4-5,10-11,22-25H,3,6-9,12-20H2,1H3,(H2,31,36)(H,32,38)(H,33,37)(H,34,39)(H,41,42)/t22-,23-,24-,25-/m0/s1. The van der Waals surface area contributed by atoms with Crippen molar-refractivity contribution < 1.29 is 33.4 Å². The van der Waals surface area contributed by atoms with Crippen LogP contribution < -0.4 is 21.7 Å². The third-order valence-corrected chi connectivity index (χ3v) is 9.22. The molecule has 5 atom stereocenters. The molecule has 6 N–H and O–H groups in total. The molecule has 0 bridgehead atoms. The number of hydrogen-bond acceptors (Lipinski definition) is 6. The fourth-order valence-corrected chi connectivity index (χ4v) is 6.60. The lowest BCUT2D eigenvalue weighted by Gasteiger charge is -2.35. The van der Waals surface area contributed by atoms with Crippen molar-refractivity contribution in [2.45, 2.75) is 108 Å². The Labute approximate surface area is 253 Å². The van der Waals surface area contributed by atoms with Gasteiger partial charge in [0.15, 0.2) is 7.37 Å². The van der Waals surface area contributed by atoms with E-state index in [9.17, 15) is 33.4 Å². The summed E-state index contributed by atoms with van der Waals surface area (Å²) < 4.78 is 11.4. The summed E-state index contributed by atoms with van der Waals surface area (Å²) in [4.78, 5) is 75.5. The van der Waals surface area contributed by atoms with Gasteiger partial charge in [0.05, 0.1) is 0 Å². The van der Waals surface area contributed by atoms with Crippen LogP contribution in [0.5, 0.6) is 0 Å². The predicted octanol–water partition coefficient (Wildman–Crippen LogP) is 1.93. The zero-order valence-corrected chi connectivity index (χ0v) is 25.9. The van der Waals surface area contributed by atoms with Crippen LogP contribution in [0.15, 0.2) is 30.3 Å².